The Balaban J connectivity index is 1.88. The van der Waals surface area contributed by atoms with Gasteiger partial charge >= 0.3 is 0 Å². The molecule has 2 rings (SSSR count). The predicted octanol–water partition coefficient (Wildman–Crippen LogP) is 5.06. The molecule has 1 aromatic rings. The zero-order valence-corrected chi connectivity index (χ0v) is 13.0. The molecule has 2 unspecified atom stereocenters. The first-order chi connectivity index (χ1) is 8.25. The largest absolute Gasteiger partial charge is 0.372 e. The minimum atomic E-state index is 0.372. The van der Waals surface area contributed by atoms with E-state index in [4.69, 9.17) is 4.74 Å². The van der Waals surface area contributed by atoms with Crippen molar-refractivity contribution in [3.05, 3.63) is 34.3 Å². The molecule has 1 aliphatic carbocycles. The van der Waals surface area contributed by atoms with Crippen LogP contribution >= 0.6 is 31.9 Å². The topological polar surface area (TPSA) is 9.23 Å². The molecule has 0 bridgehead atoms. The molecule has 0 radical (unpaired) electrons. The lowest BCUT2D eigenvalue weighted by atomic mass is 10.1. The molecule has 1 aromatic carbocycles. The van der Waals surface area contributed by atoms with Gasteiger partial charge in [0.05, 0.1) is 12.7 Å². The van der Waals surface area contributed by atoms with Crippen molar-refractivity contribution < 1.29 is 4.74 Å². The van der Waals surface area contributed by atoms with E-state index in [9.17, 15) is 0 Å². The quantitative estimate of drug-likeness (QED) is 0.540. The maximum Gasteiger partial charge on any atom is 0.0721 e. The van der Waals surface area contributed by atoms with Gasteiger partial charge in [0.1, 0.15) is 0 Å². The molecule has 0 spiro atoms. The second-order valence-electron chi connectivity index (χ2n) is 4.63. The van der Waals surface area contributed by atoms with E-state index < -0.39 is 0 Å². The monoisotopic (exact) mass is 360 g/mol. The number of hydrogen-bond acceptors (Lipinski definition) is 1. The van der Waals surface area contributed by atoms with Crippen LogP contribution in [0.2, 0.25) is 0 Å². The smallest absolute Gasteiger partial charge is 0.0721 e. The number of ether oxygens (including phenoxy) is 1. The van der Waals surface area contributed by atoms with Crippen molar-refractivity contribution in [2.45, 2.75) is 49.6 Å². The summed E-state index contributed by atoms with van der Waals surface area (Å²) in [5.74, 6) is 0. The van der Waals surface area contributed by atoms with Gasteiger partial charge in [0.25, 0.3) is 0 Å². The van der Waals surface area contributed by atoms with Gasteiger partial charge in [-0.3, -0.25) is 0 Å². The molecular weight excluding hydrogens is 344 g/mol. The lowest BCUT2D eigenvalue weighted by molar-refractivity contribution is 0.0360. The summed E-state index contributed by atoms with van der Waals surface area (Å²) in [6, 6.07) is 8.34. The van der Waals surface area contributed by atoms with E-state index in [1.807, 2.05) is 6.07 Å². The highest BCUT2D eigenvalue weighted by Crippen LogP contribution is 2.26. The summed E-state index contributed by atoms with van der Waals surface area (Å²) in [5.41, 5.74) is 1.24. The van der Waals surface area contributed by atoms with Crippen LogP contribution in [-0.2, 0) is 11.3 Å². The molecule has 17 heavy (non-hydrogen) atoms. The van der Waals surface area contributed by atoms with Gasteiger partial charge in [-0.2, -0.15) is 0 Å². The van der Waals surface area contributed by atoms with Crippen molar-refractivity contribution in [3.63, 3.8) is 0 Å². The van der Waals surface area contributed by atoms with Crippen LogP contribution in [0, 0.1) is 0 Å². The number of benzene rings is 1. The maximum atomic E-state index is 6.05. The summed E-state index contributed by atoms with van der Waals surface area (Å²) in [5, 5.41) is 0. The minimum absolute atomic E-state index is 0.372. The van der Waals surface area contributed by atoms with Crippen molar-refractivity contribution in [2.75, 3.05) is 0 Å². The fourth-order valence-corrected chi connectivity index (χ4v) is 3.43. The van der Waals surface area contributed by atoms with E-state index in [1.54, 1.807) is 0 Å². The van der Waals surface area contributed by atoms with Gasteiger partial charge in [0.15, 0.2) is 0 Å². The zero-order chi connectivity index (χ0) is 12.1. The fraction of sp³-hybridized carbons (Fsp3) is 0.571. The normalized spacial score (nSPS) is 25.5. The molecule has 0 heterocycles. The Morgan fingerprint density at radius 3 is 2.82 bits per heavy atom. The second kappa shape index (κ2) is 6.91. The first-order valence-corrected chi connectivity index (χ1v) is 7.97. The minimum Gasteiger partial charge on any atom is -0.372 e. The van der Waals surface area contributed by atoms with Gasteiger partial charge in [0.2, 0.25) is 0 Å². The van der Waals surface area contributed by atoms with Crippen molar-refractivity contribution in [2.24, 2.45) is 0 Å². The van der Waals surface area contributed by atoms with Gasteiger partial charge < -0.3 is 4.74 Å². The van der Waals surface area contributed by atoms with Crippen LogP contribution in [-0.4, -0.2) is 10.9 Å². The van der Waals surface area contributed by atoms with Gasteiger partial charge in [0, 0.05) is 9.30 Å². The van der Waals surface area contributed by atoms with Crippen LogP contribution in [0.3, 0.4) is 0 Å². The Hall–Kier alpha value is 0.140. The number of hydrogen-bond donors (Lipinski definition) is 0. The highest BCUT2D eigenvalue weighted by molar-refractivity contribution is 9.10. The van der Waals surface area contributed by atoms with Crippen LogP contribution in [0.5, 0.6) is 0 Å². The summed E-state index contributed by atoms with van der Waals surface area (Å²) >= 11 is 7.25. The molecule has 0 N–H and O–H groups in total. The first kappa shape index (κ1) is 13.6. The van der Waals surface area contributed by atoms with E-state index in [0.717, 1.165) is 4.47 Å². The summed E-state index contributed by atoms with van der Waals surface area (Å²) in [6.45, 7) is 0.714. The van der Waals surface area contributed by atoms with E-state index >= 15 is 0 Å². The standard InChI is InChI=1S/C14H18Br2O/c15-12-6-4-5-11(9-12)10-17-14-8-3-1-2-7-13(14)16/h4-6,9,13-14H,1-3,7-8,10H2. The summed E-state index contributed by atoms with van der Waals surface area (Å²) in [7, 11) is 0. The first-order valence-electron chi connectivity index (χ1n) is 6.26. The van der Waals surface area contributed by atoms with Crippen molar-refractivity contribution in [3.8, 4) is 0 Å². The molecule has 0 amide bonds. The van der Waals surface area contributed by atoms with Crippen molar-refractivity contribution in [1.82, 2.24) is 0 Å². The van der Waals surface area contributed by atoms with Gasteiger partial charge in [-0.05, 0) is 30.5 Å². The molecular formula is C14H18Br2O. The average Bonchev–Trinajstić information content (AvgIpc) is 2.52. The lowest BCUT2D eigenvalue weighted by Crippen LogP contribution is -2.22. The average molecular weight is 362 g/mol. The summed E-state index contributed by atoms with van der Waals surface area (Å²) in [4.78, 5) is 0.525. The maximum absolute atomic E-state index is 6.05. The third-order valence-corrected chi connectivity index (χ3v) is 4.77. The van der Waals surface area contributed by atoms with Crippen molar-refractivity contribution in [1.29, 1.82) is 0 Å². The predicted molar refractivity (Wildman–Crippen MR) is 78.5 cm³/mol. The van der Waals surface area contributed by atoms with E-state index in [-0.39, 0.29) is 0 Å². The van der Waals surface area contributed by atoms with Crippen LogP contribution in [0.25, 0.3) is 0 Å². The molecule has 94 valence electrons. The van der Waals surface area contributed by atoms with Crippen LogP contribution in [0.1, 0.15) is 37.7 Å². The fourth-order valence-electron chi connectivity index (χ4n) is 2.25. The molecule has 2 atom stereocenters. The molecule has 0 aromatic heterocycles. The lowest BCUT2D eigenvalue weighted by Gasteiger charge is -2.20. The van der Waals surface area contributed by atoms with Gasteiger partial charge in [-0.15, -0.1) is 0 Å². The Morgan fingerprint density at radius 1 is 1.18 bits per heavy atom. The Morgan fingerprint density at radius 2 is 2.00 bits per heavy atom. The third-order valence-electron chi connectivity index (χ3n) is 3.23. The second-order valence-corrected chi connectivity index (χ2v) is 6.73. The molecule has 3 heteroatoms. The van der Waals surface area contributed by atoms with Gasteiger partial charge in [-0.1, -0.05) is 63.3 Å². The highest BCUT2D eigenvalue weighted by Gasteiger charge is 2.21. The van der Waals surface area contributed by atoms with Crippen LogP contribution in [0.15, 0.2) is 28.7 Å². The number of halogens is 2. The molecule has 0 aliphatic heterocycles. The van der Waals surface area contributed by atoms with Gasteiger partial charge in [-0.25, -0.2) is 0 Å². The SMILES string of the molecule is Brc1cccc(COC2CCCCCC2Br)c1. The van der Waals surface area contributed by atoms with Crippen LogP contribution in [0.4, 0.5) is 0 Å². The Kier molecular flexibility index (Phi) is 5.51. The van der Waals surface area contributed by atoms with Crippen molar-refractivity contribution >= 4 is 31.9 Å². The molecule has 1 saturated carbocycles. The third kappa shape index (κ3) is 4.38. The Bertz CT molecular complexity index is 354. The van der Waals surface area contributed by atoms with E-state index in [1.165, 1.54) is 37.7 Å². The summed E-state index contributed by atoms with van der Waals surface area (Å²) in [6.07, 6.45) is 6.76. The zero-order valence-electron chi connectivity index (χ0n) is 9.87. The highest BCUT2D eigenvalue weighted by atomic mass is 79.9. The Labute approximate surface area is 120 Å². The number of alkyl halides is 1. The molecule has 1 nitrogen and oxygen atoms in total. The number of rotatable bonds is 3. The molecule has 0 saturated heterocycles. The van der Waals surface area contributed by atoms with E-state index in [0.29, 0.717) is 17.5 Å². The van der Waals surface area contributed by atoms with E-state index in [2.05, 4.69) is 50.1 Å². The molecule has 1 fully saturated rings. The van der Waals surface area contributed by atoms with Crippen LogP contribution < -0.4 is 0 Å². The summed E-state index contributed by atoms with van der Waals surface area (Å²) < 4.78 is 7.17. The molecule has 1 aliphatic rings.